The predicted octanol–water partition coefficient (Wildman–Crippen LogP) is -0.380. The summed E-state index contributed by atoms with van der Waals surface area (Å²) >= 11 is 0. The van der Waals surface area contributed by atoms with Crippen molar-refractivity contribution in [2.75, 3.05) is 0 Å². The van der Waals surface area contributed by atoms with Gasteiger partial charge < -0.3 is 15.2 Å². The van der Waals surface area contributed by atoms with Gasteiger partial charge in [0.05, 0.1) is 5.52 Å². The minimum Gasteiger partial charge on any atom is -0.507 e. The molecule has 0 saturated carbocycles. The number of para-hydroxylation sites is 1. The molecule has 0 fully saturated rings. The van der Waals surface area contributed by atoms with Crippen LogP contribution in [0, 0.1) is 0 Å². The molecule has 2 rings (SSSR count). The van der Waals surface area contributed by atoms with Gasteiger partial charge in [-0.25, -0.2) is 0 Å². The van der Waals surface area contributed by atoms with E-state index in [4.69, 9.17) is 10.0 Å². The average Bonchev–Trinajstić information content (AvgIpc) is 2.17. The average molecular weight is 189 g/mol. The zero-order chi connectivity index (χ0) is 10.1. The molecule has 3 N–H and O–H groups in total. The van der Waals surface area contributed by atoms with Gasteiger partial charge in [0.1, 0.15) is 5.75 Å². The van der Waals surface area contributed by atoms with Crippen molar-refractivity contribution in [3.8, 4) is 5.75 Å². The van der Waals surface area contributed by atoms with E-state index in [0.717, 1.165) is 0 Å². The first-order valence-electron chi connectivity index (χ1n) is 4.13. The highest BCUT2D eigenvalue weighted by molar-refractivity contribution is 6.61. The zero-order valence-electron chi connectivity index (χ0n) is 7.25. The van der Waals surface area contributed by atoms with Crippen LogP contribution in [-0.2, 0) is 0 Å². The summed E-state index contributed by atoms with van der Waals surface area (Å²) in [6.45, 7) is 0. The summed E-state index contributed by atoms with van der Waals surface area (Å²) in [4.78, 5) is 3.98. The fraction of sp³-hybridized carbons (Fsp3) is 0. The van der Waals surface area contributed by atoms with Gasteiger partial charge in [0, 0.05) is 17.0 Å². The molecule has 0 spiro atoms. The topological polar surface area (TPSA) is 73.6 Å². The van der Waals surface area contributed by atoms with Crippen molar-refractivity contribution < 1.29 is 15.2 Å². The number of hydrogen-bond donors (Lipinski definition) is 3. The van der Waals surface area contributed by atoms with E-state index in [1.165, 1.54) is 12.3 Å². The number of aromatic nitrogens is 1. The lowest BCUT2D eigenvalue weighted by Crippen LogP contribution is -2.30. The molecule has 0 aliphatic heterocycles. The number of pyridine rings is 1. The minimum absolute atomic E-state index is 0.0810. The second kappa shape index (κ2) is 3.28. The van der Waals surface area contributed by atoms with Crippen LogP contribution in [0.2, 0.25) is 0 Å². The van der Waals surface area contributed by atoms with E-state index >= 15 is 0 Å². The van der Waals surface area contributed by atoms with E-state index in [0.29, 0.717) is 16.4 Å². The Balaban J connectivity index is 2.81. The molecule has 4 nitrogen and oxygen atoms in total. The third-order valence-corrected chi connectivity index (χ3v) is 2.06. The molecule has 0 aliphatic rings. The molecule has 0 aliphatic carbocycles. The molecule has 1 heterocycles. The summed E-state index contributed by atoms with van der Waals surface area (Å²) in [5.74, 6) is 0.0810. The molecule has 1 aromatic carbocycles. The first kappa shape index (κ1) is 8.99. The van der Waals surface area contributed by atoms with Crippen LogP contribution < -0.4 is 5.46 Å². The first-order chi connectivity index (χ1) is 6.70. The van der Waals surface area contributed by atoms with Crippen molar-refractivity contribution in [2.45, 2.75) is 0 Å². The highest BCUT2D eigenvalue weighted by Crippen LogP contribution is 2.20. The van der Waals surface area contributed by atoms with Crippen LogP contribution in [0.4, 0.5) is 0 Å². The number of fused-ring (bicyclic) bond motifs is 1. The van der Waals surface area contributed by atoms with Crippen LogP contribution in [0.1, 0.15) is 0 Å². The Labute approximate surface area is 80.6 Å². The highest BCUT2D eigenvalue weighted by Gasteiger charge is 2.15. The molecule has 0 saturated heterocycles. The number of nitrogens with zero attached hydrogens (tertiary/aromatic N) is 1. The minimum atomic E-state index is -1.58. The van der Waals surface area contributed by atoms with Crippen molar-refractivity contribution in [1.29, 1.82) is 0 Å². The third kappa shape index (κ3) is 1.32. The van der Waals surface area contributed by atoms with Gasteiger partial charge in [0.2, 0.25) is 0 Å². The van der Waals surface area contributed by atoms with Crippen LogP contribution in [0.15, 0.2) is 30.5 Å². The second-order valence-electron chi connectivity index (χ2n) is 2.95. The van der Waals surface area contributed by atoms with Crippen LogP contribution in [0.3, 0.4) is 0 Å². The molecule has 1 aromatic heterocycles. The summed E-state index contributed by atoms with van der Waals surface area (Å²) in [6, 6.07) is 6.32. The summed E-state index contributed by atoms with van der Waals surface area (Å²) in [5, 5.41) is 28.1. The Bertz CT molecular complexity index is 473. The van der Waals surface area contributed by atoms with Gasteiger partial charge in [0.25, 0.3) is 0 Å². The summed E-state index contributed by atoms with van der Waals surface area (Å²) in [5.41, 5.74) is 0.695. The second-order valence-corrected chi connectivity index (χ2v) is 2.95. The molecule has 0 bridgehead atoms. The van der Waals surface area contributed by atoms with E-state index in [9.17, 15) is 5.11 Å². The van der Waals surface area contributed by atoms with Crippen molar-refractivity contribution in [1.82, 2.24) is 4.98 Å². The SMILES string of the molecule is OB(O)c1cccc2c(O)ccnc12. The van der Waals surface area contributed by atoms with Gasteiger partial charge in [-0.15, -0.1) is 0 Å². The standard InChI is InChI=1S/C9H8BNO3/c12-8-4-5-11-9-6(8)2-1-3-7(9)10(13)14/h1-5,13-14H,(H,11,12). The van der Waals surface area contributed by atoms with Crippen molar-refractivity contribution in [3.05, 3.63) is 30.5 Å². The molecule has 0 atom stereocenters. The summed E-state index contributed by atoms with van der Waals surface area (Å²) in [6.07, 6.45) is 1.42. The van der Waals surface area contributed by atoms with Crippen LogP contribution >= 0.6 is 0 Å². The Morgan fingerprint density at radius 1 is 1.14 bits per heavy atom. The summed E-state index contributed by atoms with van der Waals surface area (Å²) < 4.78 is 0. The largest absolute Gasteiger partial charge is 0.507 e. The van der Waals surface area contributed by atoms with Crippen LogP contribution in [0.5, 0.6) is 5.75 Å². The van der Waals surface area contributed by atoms with Gasteiger partial charge in [-0.05, 0) is 12.1 Å². The lowest BCUT2D eigenvalue weighted by atomic mass is 9.79. The molecule has 0 radical (unpaired) electrons. The monoisotopic (exact) mass is 189 g/mol. The normalized spacial score (nSPS) is 10.4. The molecular formula is C9H8BNO3. The van der Waals surface area contributed by atoms with Crippen molar-refractivity contribution in [2.24, 2.45) is 0 Å². The van der Waals surface area contributed by atoms with E-state index in [2.05, 4.69) is 4.98 Å². The quantitative estimate of drug-likeness (QED) is 0.534. The van der Waals surface area contributed by atoms with Gasteiger partial charge >= 0.3 is 7.12 Å². The smallest absolute Gasteiger partial charge is 0.490 e. The third-order valence-electron chi connectivity index (χ3n) is 2.06. The molecule has 0 amide bonds. The number of benzene rings is 1. The Morgan fingerprint density at radius 2 is 1.93 bits per heavy atom. The maximum absolute atomic E-state index is 9.47. The van der Waals surface area contributed by atoms with Gasteiger partial charge in [-0.3, -0.25) is 4.98 Å². The van der Waals surface area contributed by atoms with Crippen LogP contribution in [-0.4, -0.2) is 27.3 Å². The van der Waals surface area contributed by atoms with E-state index in [1.54, 1.807) is 18.2 Å². The van der Waals surface area contributed by atoms with Crippen molar-refractivity contribution >= 4 is 23.5 Å². The maximum atomic E-state index is 9.47. The summed E-state index contributed by atoms with van der Waals surface area (Å²) in [7, 11) is -1.58. The predicted molar refractivity (Wildman–Crippen MR) is 53.2 cm³/mol. The van der Waals surface area contributed by atoms with Crippen LogP contribution in [0.25, 0.3) is 10.9 Å². The first-order valence-corrected chi connectivity index (χ1v) is 4.13. The maximum Gasteiger partial charge on any atom is 0.490 e. The van der Waals surface area contributed by atoms with E-state index < -0.39 is 7.12 Å². The lowest BCUT2D eigenvalue weighted by molar-refractivity contribution is 0.426. The molecular weight excluding hydrogens is 181 g/mol. The Morgan fingerprint density at radius 3 is 2.64 bits per heavy atom. The van der Waals surface area contributed by atoms with Gasteiger partial charge in [0.15, 0.2) is 0 Å². The zero-order valence-corrected chi connectivity index (χ0v) is 7.25. The van der Waals surface area contributed by atoms with Gasteiger partial charge in [-0.2, -0.15) is 0 Å². The lowest BCUT2D eigenvalue weighted by Gasteiger charge is -2.04. The molecule has 0 unspecified atom stereocenters. The van der Waals surface area contributed by atoms with Crippen molar-refractivity contribution in [3.63, 3.8) is 0 Å². The molecule has 5 heteroatoms. The van der Waals surface area contributed by atoms with E-state index in [-0.39, 0.29) is 5.75 Å². The highest BCUT2D eigenvalue weighted by atomic mass is 16.4. The Kier molecular flexibility index (Phi) is 2.11. The number of aromatic hydroxyl groups is 1. The fourth-order valence-corrected chi connectivity index (χ4v) is 1.39. The molecule has 2 aromatic rings. The molecule has 14 heavy (non-hydrogen) atoms. The van der Waals surface area contributed by atoms with Gasteiger partial charge in [-0.1, -0.05) is 12.1 Å². The Hall–Kier alpha value is -1.59. The van der Waals surface area contributed by atoms with E-state index in [1.807, 2.05) is 0 Å². The number of rotatable bonds is 1. The fourth-order valence-electron chi connectivity index (χ4n) is 1.39. The molecule has 70 valence electrons. The number of hydrogen-bond acceptors (Lipinski definition) is 4.